The molecule has 2 fully saturated rings. The normalized spacial score (nSPS) is 22.1. The second kappa shape index (κ2) is 7.66. The van der Waals surface area contributed by atoms with Gasteiger partial charge in [0.1, 0.15) is 0 Å². The fourth-order valence-corrected chi connectivity index (χ4v) is 10.5. The summed E-state index contributed by atoms with van der Waals surface area (Å²) in [6.45, 7) is 17.0. The van der Waals surface area contributed by atoms with Gasteiger partial charge in [-0.3, -0.25) is 9.80 Å². The summed E-state index contributed by atoms with van der Waals surface area (Å²) in [5.41, 5.74) is 1.92. The molecule has 2 aliphatic rings. The largest absolute Gasteiger partial charge is 0.413 e. The molecule has 0 bridgehead atoms. The van der Waals surface area contributed by atoms with Crippen molar-refractivity contribution in [2.75, 3.05) is 19.6 Å². The van der Waals surface area contributed by atoms with E-state index < -0.39 is 8.32 Å². The summed E-state index contributed by atoms with van der Waals surface area (Å²) < 4.78 is 6.91. The van der Waals surface area contributed by atoms with Gasteiger partial charge in [0.25, 0.3) is 0 Å². The first kappa shape index (κ1) is 18.9. The Kier molecular flexibility index (Phi) is 6.31. The summed E-state index contributed by atoms with van der Waals surface area (Å²) in [4.78, 5) is 11.9. The minimum Gasteiger partial charge on any atom is -0.413 e. The summed E-state index contributed by atoms with van der Waals surface area (Å²) in [6.07, 6.45) is 4.23. The number of hydrogen-bond donors (Lipinski definition) is 0. The van der Waals surface area contributed by atoms with Gasteiger partial charge in [0.15, 0.2) is 0 Å². The van der Waals surface area contributed by atoms with Crippen molar-refractivity contribution >= 4 is 14.2 Å². The van der Waals surface area contributed by atoms with Gasteiger partial charge in [-0.1, -0.05) is 41.5 Å². The van der Waals surface area contributed by atoms with Crippen molar-refractivity contribution < 1.29 is 9.22 Å². The highest BCUT2D eigenvalue weighted by atomic mass is 28.4. The van der Waals surface area contributed by atoms with E-state index in [-0.39, 0.29) is 0 Å². The van der Waals surface area contributed by atoms with E-state index in [0.717, 1.165) is 45.3 Å². The molecule has 134 valence electrons. The van der Waals surface area contributed by atoms with Gasteiger partial charge >= 0.3 is 0 Å². The van der Waals surface area contributed by atoms with Crippen LogP contribution in [0.2, 0.25) is 16.6 Å². The van der Waals surface area contributed by atoms with Gasteiger partial charge < -0.3 is 4.43 Å². The van der Waals surface area contributed by atoms with E-state index in [1.54, 1.807) is 0 Å². The lowest BCUT2D eigenvalue weighted by Crippen LogP contribution is -2.54. The highest BCUT2D eigenvalue weighted by Gasteiger charge is 2.47. The molecule has 0 aromatic carbocycles. The fraction of sp³-hybridized carbons (Fsp3) is 0.944. The second-order valence-corrected chi connectivity index (χ2v) is 13.6. The Bertz CT molecular complexity index is 382. The molecule has 0 unspecified atom stereocenters. The lowest BCUT2D eigenvalue weighted by atomic mass is 10.1. The predicted molar refractivity (Wildman–Crippen MR) is 97.7 cm³/mol. The number of hydrazine groups is 1. The molecule has 2 rings (SSSR count). The molecule has 0 aromatic rings. The maximum Gasteiger partial charge on any atom is 0.236 e. The molecule has 0 N–H and O–H groups in total. The van der Waals surface area contributed by atoms with Crippen molar-refractivity contribution in [3.05, 3.63) is 0 Å². The lowest BCUT2D eigenvalue weighted by Gasteiger charge is -2.47. The second-order valence-electron chi connectivity index (χ2n) is 8.21. The van der Waals surface area contributed by atoms with Gasteiger partial charge in [-0.05, 0) is 35.9 Å². The Labute approximate surface area is 143 Å². The van der Waals surface area contributed by atoms with Crippen LogP contribution >= 0.6 is 0 Å². The number of piperidine rings is 1. The molecule has 2 saturated heterocycles. The van der Waals surface area contributed by atoms with Crippen molar-refractivity contribution in [2.24, 2.45) is 0 Å². The molecule has 2 aliphatic heterocycles. The molecule has 0 saturated carbocycles. The van der Waals surface area contributed by atoms with Crippen LogP contribution in [-0.4, -0.2) is 50.0 Å². The summed E-state index contributed by atoms with van der Waals surface area (Å²) >= 11 is 0. The zero-order valence-electron chi connectivity index (χ0n) is 16.0. The van der Waals surface area contributed by atoms with Crippen LogP contribution in [0.25, 0.3) is 0 Å². The molecule has 5 heteroatoms. The van der Waals surface area contributed by atoms with Crippen molar-refractivity contribution in [3.63, 3.8) is 0 Å². The Morgan fingerprint density at radius 1 is 0.957 bits per heavy atom. The van der Waals surface area contributed by atoms with E-state index in [1.807, 2.05) is 5.01 Å². The highest BCUT2D eigenvalue weighted by molar-refractivity contribution is 6.77. The van der Waals surface area contributed by atoms with Gasteiger partial charge in [-0.15, -0.1) is 0 Å². The van der Waals surface area contributed by atoms with Gasteiger partial charge in [0, 0.05) is 32.2 Å². The van der Waals surface area contributed by atoms with Crippen LogP contribution in [0, 0.1) is 0 Å². The molecule has 0 aliphatic carbocycles. The average molecular weight is 341 g/mol. The Hall–Kier alpha value is -0.393. The maximum absolute atomic E-state index is 11.9. The van der Waals surface area contributed by atoms with E-state index in [0.29, 0.717) is 28.6 Å². The number of rotatable bonds is 6. The minimum absolute atomic E-state index is 0.305. The lowest BCUT2D eigenvalue weighted by molar-refractivity contribution is -0.146. The zero-order chi connectivity index (χ0) is 17.2. The fourth-order valence-electron chi connectivity index (χ4n) is 4.83. The van der Waals surface area contributed by atoms with Crippen LogP contribution in [0.4, 0.5) is 0 Å². The molecule has 2 heterocycles. The average Bonchev–Trinajstić information content (AvgIpc) is 2.90. The van der Waals surface area contributed by atoms with Gasteiger partial charge in [-0.25, -0.2) is 5.01 Å². The molecule has 0 spiro atoms. The van der Waals surface area contributed by atoms with Gasteiger partial charge in [0.2, 0.25) is 14.2 Å². The van der Waals surface area contributed by atoms with E-state index in [9.17, 15) is 4.79 Å². The Morgan fingerprint density at radius 2 is 1.48 bits per heavy atom. The summed E-state index contributed by atoms with van der Waals surface area (Å²) in [5, 5.41) is 4.24. The molecular weight excluding hydrogens is 304 g/mol. The third-order valence-corrected chi connectivity index (χ3v) is 12.0. The number of carbonyl (C=O) groups is 1. The molecule has 0 aromatic heterocycles. The van der Waals surface area contributed by atoms with Crippen LogP contribution in [-0.2, 0) is 9.22 Å². The van der Waals surface area contributed by atoms with Crippen molar-refractivity contribution in [2.45, 2.75) is 90.0 Å². The highest BCUT2D eigenvalue weighted by Crippen LogP contribution is 2.44. The zero-order valence-corrected chi connectivity index (χ0v) is 17.0. The van der Waals surface area contributed by atoms with Crippen molar-refractivity contribution in [1.82, 2.24) is 10.0 Å². The minimum atomic E-state index is -1.78. The molecule has 4 nitrogen and oxygen atoms in total. The number of carbonyl (C=O) groups excluding carboxylic acids is 1. The van der Waals surface area contributed by atoms with Crippen molar-refractivity contribution in [3.8, 4) is 0 Å². The molecule has 0 radical (unpaired) electrons. The van der Waals surface area contributed by atoms with Gasteiger partial charge in [0.05, 0.1) is 0 Å². The SMILES string of the molecule is CC(C)[Si](OC1CCN(N2CCCC2=O)CC1)(C(C)C)C(C)C. The van der Waals surface area contributed by atoms with E-state index in [1.165, 1.54) is 0 Å². The van der Waals surface area contributed by atoms with Crippen molar-refractivity contribution in [1.29, 1.82) is 0 Å². The smallest absolute Gasteiger partial charge is 0.236 e. The number of hydrogen-bond acceptors (Lipinski definition) is 3. The van der Waals surface area contributed by atoms with Crippen LogP contribution in [0.1, 0.15) is 67.2 Å². The third kappa shape index (κ3) is 3.82. The first-order chi connectivity index (χ1) is 10.8. The predicted octanol–water partition coefficient (Wildman–Crippen LogP) is 4.18. The quantitative estimate of drug-likeness (QED) is 0.680. The van der Waals surface area contributed by atoms with Crippen LogP contribution < -0.4 is 0 Å². The Morgan fingerprint density at radius 3 is 1.87 bits per heavy atom. The summed E-state index contributed by atoms with van der Waals surface area (Å²) in [7, 11) is -1.78. The van der Waals surface area contributed by atoms with E-state index in [4.69, 9.17) is 4.43 Å². The van der Waals surface area contributed by atoms with Crippen LogP contribution in [0.3, 0.4) is 0 Å². The molecule has 23 heavy (non-hydrogen) atoms. The maximum atomic E-state index is 11.9. The topological polar surface area (TPSA) is 32.8 Å². The summed E-state index contributed by atoms with van der Waals surface area (Å²) in [6, 6.07) is 0. The van der Waals surface area contributed by atoms with E-state index in [2.05, 4.69) is 46.6 Å². The van der Waals surface area contributed by atoms with E-state index >= 15 is 0 Å². The number of amides is 1. The molecule has 1 amide bonds. The van der Waals surface area contributed by atoms with Crippen LogP contribution in [0.5, 0.6) is 0 Å². The number of nitrogens with zero attached hydrogens (tertiary/aromatic N) is 2. The Balaban J connectivity index is 1.97. The monoisotopic (exact) mass is 340 g/mol. The molecular formula is C18H36N2O2Si. The molecule has 0 atom stereocenters. The third-order valence-electron chi connectivity index (χ3n) is 5.89. The first-order valence-electron chi connectivity index (χ1n) is 9.52. The summed E-state index contributed by atoms with van der Waals surface area (Å²) in [5.74, 6) is 0.305. The first-order valence-corrected chi connectivity index (χ1v) is 11.7. The standard InChI is InChI=1S/C18H36N2O2Si/c1-14(2)23(15(3)4,16(5)6)22-17-9-12-19(13-10-17)20-11-7-8-18(20)21/h14-17H,7-13H2,1-6H3. The van der Waals surface area contributed by atoms with Gasteiger partial charge in [-0.2, -0.15) is 0 Å². The van der Waals surface area contributed by atoms with Crippen LogP contribution in [0.15, 0.2) is 0 Å².